The molecule has 100 valence electrons. The number of hydrogen-bond donors (Lipinski definition) is 1. The van der Waals surface area contributed by atoms with Gasteiger partial charge in [-0.15, -0.1) is 0 Å². The highest BCUT2D eigenvalue weighted by atomic mass is 35.5. The quantitative estimate of drug-likeness (QED) is 0.872. The number of halogens is 1. The van der Waals surface area contributed by atoms with E-state index in [1.807, 2.05) is 18.2 Å². The van der Waals surface area contributed by atoms with Crippen LogP contribution in [0.2, 0.25) is 5.02 Å². The van der Waals surface area contributed by atoms with E-state index in [4.69, 9.17) is 22.1 Å². The van der Waals surface area contributed by atoms with Crippen LogP contribution in [-0.2, 0) is 16.1 Å². The summed E-state index contributed by atoms with van der Waals surface area (Å²) < 4.78 is 6.26. The highest BCUT2D eigenvalue weighted by molar-refractivity contribution is 6.33. The molecule has 0 saturated heterocycles. The van der Waals surface area contributed by atoms with Crippen LogP contribution in [0.15, 0.2) is 30.3 Å². The Kier molecular flexibility index (Phi) is 4.06. The topological polar surface area (TPSA) is 70.1 Å². The second-order valence-electron chi connectivity index (χ2n) is 3.90. The van der Waals surface area contributed by atoms with E-state index in [0.717, 1.165) is 5.56 Å². The number of aromatic nitrogens is 2. The lowest BCUT2D eigenvalue weighted by Crippen LogP contribution is -2.16. The van der Waals surface area contributed by atoms with Gasteiger partial charge in [-0.05, 0) is 13.0 Å². The summed E-state index contributed by atoms with van der Waals surface area (Å²) >= 11 is 6.09. The number of anilines is 1. The minimum absolute atomic E-state index is 0.00980. The van der Waals surface area contributed by atoms with Crippen molar-refractivity contribution in [2.75, 3.05) is 12.3 Å². The van der Waals surface area contributed by atoms with E-state index in [0.29, 0.717) is 23.1 Å². The molecule has 0 fully saturated rings. The van der Waals surface area contributed by atoms with Crippen LogP contribution in [0.25, 0.3) is 11.3 Å². The molecular weight excluding hydrogens is 266 g/mol. The van der Waals surface area contributed by atoms with Gasteiger partial charge in [-0.1, -0.05) is 29.8 Å². The smallest absolute Gasteiger partial charge is 0.327 e. The summed E-state index contributed by atoms with van der Waals surface area (Å²) in [5.74, 6) is 0.0194. The van der Waals surface area contributed by atoms with Crippen molar-refractivity contribution in [1.82, 2.24) is 9.78 Å². The number of rotatable bonds is 4. The van der Waals surface area contributed by atoms with E-state index in [2.05, 4.69) is 5.10 Å². The first-order chi connectivity index (χ1) is 9.11. The minimum atomic E-state index is -0.372. The highest BCUT2D eigenvalue weighted by Gasteiger charge is 2.12. The molecule has 1 aromatic heterocycles. The molecule has 0 atom stereocenters. The molecule has 0 bridgehead atoms. The molecule has 1 aromatic carbocycles. The monoisotopic (exact) mass is 279 g/mol. The second kappa shape index (κ2) is 5.75. The molecular formula is C13H14ClN3O2. The number of benzene rings is 1. The number of nitrogens with two attached hydrogens (primary N) is 1. The maximum absolute atomic E-state index is 11.4. The van der Waals surface area contributed by atoms with Crippen LogP contribution in [0.4, 0.5) is 5.82 Å². The van der Waals surface area contributed by atoms with Crippen LogP contribution in [-0.4, -0.2) is 22.4 Å². The first kappa shape index (κ1) is 13.4. The SMILES string of the molecule is CCOC(=O)Cn1nc(-c2ccccc2Cl)cc1N. The van der Waals surface area contributed by atoms with Gasteiger partial charge in [0.25, 0.3) is 0 Å². The van der Waals surface area contributed by atoms with Gasteiger partial charge in [-0.25, -0.2) is 4.68 Å². The maximum atomic E-state index is 11.4. The number of nitrogens with zero attached hydrogens (tertiary/aromatic N) is 2. The van der Waals surface area contributed by atoms with Crippen molar-refractivity contribution >= 4 is 23.4 Å². The van der Waals surface area contributed by atoms with Gasteiger partial charge >= 0.3 is 5.97 Å². The van der Waals surface area contributed by atoms with Gasteiger partial charge in [0, 0.05) is 11.6 Å². The summed E-state index contributed by atoms with van der Waals surface area (Å²) in [6.07, 6.45) is 0. The molecule has 0 radical (unpaired) electrons. The van der Waals surface area contributed by atoms with Crippen molar-refractivity contribution in [2.45, 2.75) is 13.5 Å². The fourth-order valence-corrected chi connectivity index (χ4v) is 1.92. The van der Waals surface area contributed by atoms with Crippen molar-refractivity contribution in [3.8, 4) is 11.3 Å². The maximum Gasteiger partial charge on any atom is 0.327 e. The van der Waals surface area contributed by atoms with Crippen molar-refractivity contribution in [3.63, 3.8) is 0 Å². The molecule has 6 heteroatoms. The van der Waals surface area contributed by atoms with E-state index >= 15 is 0 Å². The van der Waals surface area contributed by atoms with Gasteiger partial charge in [0.1, 0.15) is 12.4 Å². The lowest BCUT2D eigenvalue weighted by Gasteiger charge is -2.03. The molecule has 0 aliphatic heterocycles. The molecule has 2 N–H and O–H groups in total. The van der Waals surface area contributed by atoms with E-state index in [1.54, 1.807) is 19.1 Å². The number of nitrogen functional groups attached to an aromatic ring is 1. The van der Waals surface area contributed by atoms with Crippen molar-refractivity contribution in [1.29, 1.82) is 0 Å². The lowest BCUT2D eigenvalue weighted by molar-refractivity contribution is -0.143. The summed E-state index contributed by atoms with van der Waals surface area (Å²) in [6, 6.07) is 9.00. The minimum Gasteiger partial charge on any atom is -0.465 e. The predicted molar refractivity (Wildman–Crippen MR) is 73.7 cm³/mol. The molecule has 2 aromatic rings. The van der Waals surface area contributed by atoms with Crippen molar-refractivity contribution in [2.24, 2.45) is 0 Å². The molecule has 0 amide bonds. The first-order valence-electron chi connectivity index (χ1n) is 5.85. The lowest BCUT2D eigenvalue weighted by atomic mass is 10.1. The Balaban J connectivity index is 2.26. The van der Waals surface area contributed by atoms with E-state index in [1.165, 1.54) is 4.68 Å². The molecule has 0 aliphatic carbocycles. The highest BCUT2D eigenvalue weighted by Crippen LogP contribution is 2.27. The van der Waals surface area contributed by atoms with Gasteiger partial charge in [-0.2, -0.15) is 5.10 Å². The van der Waals surface area contributed by atoms with Gasteiger partial charge in [0.2, 0.25) is 0 Å². The Morgan fingerprint density at radius 1 is 1.47 bits per heavy atom. The van der Waals surface area contributed by atoms with Gasteiger partial charge < -0.3 is 10.5 Å². The first-order valence-corrected chi connectivity index (χ1v) is 6.23. The summed E-state index contributed by atoms with van der Waals surface area (Å²) in [7, 11) is 0. The average molecular weight is 280 g/mol. The zero-order valence-corrected chi connectivity index (χ0v) is 11.2. The summed E-state index contributed by atoms with van der Waals surface area (Å²) in [5.41, 5.74) is 7.23. The summed E-state index contributed by atoms with van der Waals surface area (Å²) in [6.45, 7) is 2.07. The van der Waals surface area contributed by atoms with Crippen LogP contribution in [0.3, 0.4) is 0 Å². The van der Waals surface area contributed by atoms with Crippen molar-refractivity contribution in [3.05, 3.63) is 35.4 Å². The molecule has 0 spiro atoms. The number of carbonyl (C=O) groups is 1. The molecule has 19 heavy (non-hydrogen) atoms. The van der Waals surface area contributed by atoms with Crippen LogP contribution < -0.4 is 5.73 Å². The molecule has 1 heterocycles. The zero-order chi connectivity index (χ0) is 13.8. The average Bonchev–Trinajstić information content (AvgIpc) is 2.71. The summed E-state index contributed by atoms with van der Waals surface area (Å²) in [5, 5.41) is 4.86. The zero-order valence-electron chi connectivity index (χ0n) is 10.5. The normalized spacial score (nSPS) is 10.4. The third kappa shape index (κ3) is 3.06. The third-order valence-electron chi connectivity index (χ3n) is 2.55. The fourth-order valence-electron chi connectivity index (χ4n) is 1.69. The van der Waals surface area contributed by atoms with E-state index in [9.17, 15) is 4.79 Å². The molecule has 0 aliphatic rings. The number of carbonyl (C=O) groups excluding carboxylic acids is 1. The Labute approximate surface area is 115 Å². The summed E-state index contributed by atoms with van der Waals surface area (Å²) in [4.78, 5) is 11.4. The van der Waals surface area contributed by atoms with Gasteiger partial charge in [-0.3, -0.25) is 4.79 Å². The van der Waals surface area contributed by atoms with E-state index < -0.39 is 0 Å². The fraction of sp³-hybridized carbons (Fsp3) is 0.231. The van der Waals surface area contributed by atoms with E-state index in [-0.39, 0.29) is 12.5 Å². The molecule has 2 rings (SSSR count). The molecule has 0 unspecified atom stereocenters. The number of esters is 1. The second-order valence-corrected chi connectivity index (χ2v) is 4.30. The number of ether oxygens (including phenoxy) is 1. The Morgan fingerprint density at radius 2 is 2.21 bits per heavy atom. The predicted octanol–water partition coefficient (Wildman–Crippen LogP) is 2.35. The molecule has 5 nitrogen and oxygen atoms in total. The van der Waals surface area contributed by atoms with Crippen molar-refractivity contribution < 1.29 is 9.53 Å². The van der Waals surface area contributed by atoms with Crippen LogP contribution in [0.5, 0.6) is 0 Å². The third-order valence-corrected chi connectivity index (χ3v) is 2.87. The van der Waals surface area contributed by atoms with Gasteiger partial charge in [0.15, 0.2) is 0 Å². The number of hydrogen-bond acceptors (Lipinski definition) is 4. The Hall–Kier alpha value is -2.01. The Bertz CT molecular complexity index is 595. The van der Waals surface area contributed by atoms with Crippen LogP contribution >= 0.6 is 11.6 Å². The standard InChI is InChI=1S/C13H14ClN3O2/c1-2-19-13(18)8-17-12(15)7-11(16-17)9-5-3-4-6-10(9)14/h3-7H,2,8,15H2,1H3. The largest absolute Gasteiger partial charge is 0.465 e. The van der Waals surface area contributed by atoms with Crippen LogP contribution in [0.1, 0.15) is 6.92 Å². The van der Waals surface area contributed by atoms with Gasteiger partial charge in [0.05, 0.1) is 17.3 Å². The Morgan fingerprint density at radius 3 is 2.89 bits per heavy atom. The van der Waals surface area contributed by atoms with Crippen LogP contribution in [0, 0.1) is 0 Å². The molecule has 0 saturated carbocycles.